The second-order valence-electron chi connectivity index (χ2n) is 4.69. The molecule has 0 heterocycles. The number of nitrogens with one attached hydrogen (secondary N) is 1. The molecule has 0 fully saturated rings. The van der Waals surface area contributed by atoms with Gasteiger partial charge in [0.1, 0.15) is 11.5 Å². The second-order valence-corrected chi connectivity index (χ2v) is 6.53. The number of amides is 1. The molecular formula is C16H14Br2N2O3. The summed E-state index contributed by atoms with van der Waals surface area (Å²) in [5.74, 6) is 0.322. The Hall–Kier alpha value is -1.86. The zero-order valence-corrected chi connectivity index (χ0v) is 15.4. The van der Waals surface area contributed by atoms with Crippen LogP contribution in [0.1, 0.15) is 11.1 Å². The Bertz CT molecular complexity index is 748. The summed E-state index contributed by atoms with van der Waals surface area (Å²) in [4.78, 5) is 11.7. The Labute approximate surface area is 150 Å². The number of hydrogen-bond donors (Lipinski definition) is 2. The van der Waals surface area contributed by atoms with Gasteiger partial charge in [0.05, 0.1) is 6.21 Å². The molecule has 0 atom stereocenters. The minimum absolute atomic E-state index is 0.0768. The molecule has 0 aliphatic rings. The first-order chi connectivity index (χ1) is 11.0. The molecule has 0 aromatic heterocycles. The maximum atomic E-state index is 11.7. The average Bonchev–Trinajstić information content (AvgIpc) is 2.50. The van der Waals surface area contributed by atoms with Gasteiger partial charge in [0.2, 0.25) is 0 Å². The van der Waals surface area contributed by atoms with Crippen molar-refractivity contribution in [1.29, 1.82) is 0 Å². The minimum Gasteiger partial charge on any atom is -0.507 e. The molecule has 0 radical (unpaired) electrons. The molecule has 1 amide bonds. The van der Waals surface area contributed by atoms with Crippen LogP contribution in [0.25, 0.3) is 0 Å². The smallest absolute Gasteiger partial charge is 0.277 e. The van der Waals surface area contributed by atoms with Crippen molar-refractivity contribution in [1.82, 2.24) is 5.43 Å². The van der Waals surface area contributed by atoms with E-state index in [1.165, 1.54) is 12.3 Å². The van der Waals surface area contributed by atoms with Gasteiger partial charge in [0, 0.05) is 14.5 Å². The minimum atomic E-state index is -0.391. The number of benzene rings is 2. The van der Waals surface area contributed by atoms with E-state index >= 15 is 0 Å². The van der Waals surface area contributed by atoms with Crippen LogP contribution in [0.15, 0.2) is 50.4 Å². The third-order valence-electron chi connectivity index (χ3n) is 2.88. The number of carbonyl (C=O) groups excluding carboxylic acids is 1. The Morgan fingerprint density at radius 2 is 1.96 bits per heavy atom. The highest BCUT2D eigenvalue weighted by atomic mass is 79.9. The van der Waals surface area contributed by atoms with Crippen LogP contribution in [0.2, 0.25) is 0 Å². The van der Waals surface area contributed by atoms with Crippen LogP contribution in [-0.2, 0) is 4.79 Å². The molecule has 0 aliphatic heterocycles. The molecule has 2 rings (SSSR count). The fourth-order valence-corrected chi connectivity index (χ4v) is 2.61. The standard InChI is InChI=1S/C16H14Br2N2O3/c1-10-6-12(17)3-5-15(10)23-9-16(22)20-19-8-11-7-13(18)2-4-14(11)21/h2-8,21H,9H2,1H3,(H,20,22)/b19-8+. The zero-order chi connectivity index (χ0) is 16.8. The number of nitrogens with zero attached hydrogens (tertiary/aromatic N) is 1. The predicted octanol–water partition coefficient (Wildman–Crippen LogP) is 3.75. The first-order valence-corrected chi connectivity index (χ1v) is 8.23. The summed E-state index contributed by atoms with van der Waals surface area (Å²) >= 11 is 6.66. The molecular weight excluding hydrogens is 428 g/mol. The fraction of sp³-hybridized carbons (Fsp3) is 0.125. The van der Waals surface area contributed by atoms with Crippen molar-refractivity contribution in [3.63, 3.8) is 0 Å². The lowest BCUT2D eigenvalue weighted by molar-refractivity contribution is -0.123. The van der Waals surface area contributed by atoms with Gasteiger partial charge in [-0.3, -0.25) is 4.79 Å². The SMILES string of the molecule is Cc1cc(Br)ccc1OCC(=O)N/N=C/c1cc(Br)ccc1O. The predicted molar refractivity (Wildman–Crippen MR) is 95.9 cm³/mol. The van der Waals surface area contributed by atoms with Crippen LogP contribution < -0.4 is 10.2 Å². The van der Waals surface area contributed by atoms with Crippen molar-refractivity contribution < 1.29 is 14.6 Å². The molecule has 0 aliphatic carbocycles. The third kappa shape index (κ3) is 5.37. The maximum absolute atomic E-state index is 11.7. The molecule has 0 saturated heterocycles. The fourth-order valence-electron chi connectivity index (χ4n) is 1.75. The van der Waals surface area contributed by atoms with Crippen molar-refractivity contribution in [2.75, 3.05) is 6.61 Å². The topological polar surface area (TPSA) is 70.9 Å². The van der Waals surface area contributed by atoms with E-state index in [0.717, 1.165) is 14.5 Å². The lowest BCUT2D eigenvalue weighted by atomic mass is 10.2. The maximum Gasteiger partial charge on any atom is 0.277 e. The number of aryl methyl sites for hydroxylation is 1. The highest BCUT2D eigenvalue weighted by Crippen LogP contribution is 2.22. The van der Waals surface area contributed by atoms with Gasteiger partial charge in [0.25, 0.3) is 5.91 Å². The highest BCUT2D eigenvalue weighted by Gasteiger charge is 2.05. The Morgan fingerprint density at radius 1 is 1.26 bits per heavy atom. The summed E-state index contributed by atoms with van der Waals surface area (Å²) < 4.78 is 7.19. The summed E-state index contributed by atoms with van der Waals surface area (Å²) in [6, 6.07) is 10.5. The van der Waals surface area contributed by atoms with Gasteiger partial charge in [-0.2, -0.15) is 5.10 Å². The van der Waals surface area contributed by atoms with Crippen LogP contribution in [0.5, 0.6) is 11.5 Å². The first-order valence-electron chi connectivity index (χ1n) is 6.65. The van der Waals surface area contributed by atoms with E-state index in [9.17, 15) is 9.90 Å². The number of hydrazone groups is 1. The van der Waals surface area contributed by atoms with Gasteiger partial charge < -0.3 is 9.84 Å². The summed E-state index contributed by atoms with van der Waals surface area (Å²) in [5.41, 5.74) is 3.76. The van der Waals surface area contributed by atoms with Crippen LogP contribution >= 0.6 is 31.9 Å². The lowest BCUT2D eigenvalue weighted by Gasteiger charge is -2.08. The van der Waals surface area contributed by atoms with Crippen molar-refractivity contribution in [3.05, 3.63) is 56.5 Å². The third-order valence-corrected chi connectivity index (χ3v) is 3.86. The number of rotatable bonds is 5. The molecule has 0 spiro atoms. The van der Waals surface area contributed by atoms with E-state index < -0.39 is 5.91 Å². The molecule has 7 heteroatoms. The Balaban J connectivity index is 1.87. The molecule has 23 heavy (non-hydrogen) atoms. The molecule has 2 N–H and O–H groups in total. The summed E-state index contributed by atoms with van der Waals surface area (Å²) in [7, 11) is 0. The Morgan fingerprint density at radius 3 is 2.70 bits per heavy atom. The Kier molecular flexibility index (Phi) is 6.18. The number of hydrogen-bond acceptors (Lipinski definition) is 4. The summed E-state index contributed by atoms with van der Waals surface area (Å²) in [5, 5.41) is 13.5. The van der Waals surface area contributed by atoms with Crippen LogP contribution in [0.4, 0.5) is 0 Å². The monoisotopic (exact) mass is 440 g/mol. The largest absolute Gasteiger partial charge is 0.507 e. The average molecular weight is 442 g/mol. The van der Waals surface area contributed by atoms with Crippen molar-refractivity contribution >= 4 is 44.0 Å². The highest BCUT2D eigenvalue weighted by molar-refractivity contribution is 9.10. The van der Waals surface area contributed by atoms with Crippen LogP contribution in [0, 0.1) is 6.92 Å². The molecule has 120 valence electrons. The van der Waals surface area contributed by atoms with E-state index in [-0.39, 0.29) is 12.4 Å². The molecule has 0 bridgehead atoms. The molecule has 2 aromatic carbocycles. The van der Waals surface area contributed by atoms with Crippen LogP contribution in [0.3, 0.4) is 0 Å². The number of ether oxygens (including phenoxy) is 1. The van der Waals surface area contributed by atoms with Gasteiger partial charge in [-0.15, -0.1) is 0 Å². The summed E-state index contributed by atoms with van der Waals surface area (Å²) in [6.45, 7) is 1.75. The van der Waals surface area contributed by atoms with E-state index in [2.05, 4.69) is 42.4 Å². The number of phenols is 1. The lowest BCUT2D eigenvalue weighted by Crippen LogP contribution is -2.24. The number of phenolic OH excluding ortho intramolecular Hbond substituents is 1. The van der Waals surface area contributed by atoms with E-state index in [4.69, 9.17) is 4.74 Å². The first kappa shape index (κ1) is 17.5. The van der Waals surface area contributed by atoms with E-state index in [1.807, 2.05) is 19.1 Å². The molecule has 5 nitrogen and oxygen atoms in total. The van der Waals surface area contributed by atoms with Gasteiger partial charge >= 0.3 is 0 Å². The van der Waals surface area contributed by atoms with Crippen molar-refractivity contribution in [3.8, 4) is 11.5 Å². The van der Waals surface area contributed by atoms with E-state index in [0.29, 0.717) is 11.3 Å². The molecule has 0 saturated carbocycles. The van der Waals surface area contributed by atoms with Gasteiger partial charge in [-0.05, 0) is 48.9 Å². The molecule has 0 unspecified atom stereocenters. The summed E-state index contributed by atoms with van der Waals surface area (Å²) in [6.07, 6.45) is 1.36. The van der Waals surface area contributed by atoms with Crippen molar-refractivity contribution in [2.24, 2.45) is 5.10 Å². The zero-order valence-electron chi connectivity index (χ0n) is 12.2. The van der Waals surface area contributed by atoms with Gasteiger partial charge in [-0.1, -0.05) is 31.9 Å². The second kappa shape index (κ2) is 8.12. The quantitative estimate of drug-likeness (QED) is 0.548. The molecule has 2 aromatic rings. The number of carbonyl (C=O) groups is 1. The van der Waals surface area contributed by atoms with E-state index in [1.54, 1.807) is 18.2 Å². The normalized spacial score (nSPS) is 10.7. The van der Waals surface area contributed by atoms with Gasteiger partial charge in [0.15, 0.2) is 6.61 Å². The van der Waals surface area contributed by atoms with Crippen molar-refractivity contribution in [2.45, 2.75) is 6.92 Å². The van der Waals surface area contributed by atoms with Crippen LogP contribution in [-0.4, -0.2) is 23.8 Å². The number of aromatic hydroxyl groups is 1. The van der Waals surface area contributed by atoms with Gasteiger partial charge in [-0.25, -0.2) is 5.43 Å². The number of halogens is 2.